The Morgan fingerprint density at radius 2 is 1.87 bits per heavy atom. The standard InChI is InChI=1S/C22H20BrNO6S/c1-22(2)29-20-19(27-3)18(28-21(20)30-22)17(26)13-8-9-15-24(13)10-14(31-15)16(25)11-4-6-12(23)7-5-11/h4-10,18-21H,1-3H3/t18-,19+,20-,21-/m1/s1. The minimum Gasteiger partial charge on any atom is -0.375 e. The number of ketones is 2. The van der Waals surface area contributed by atoms with Gasteiger partial charge in [0.1, 0.15) is 17.0 Å². The number of nitrogens with zero attached hydrogens (tertiary/aromatic N) is 1. The zero-order valence-electron chi connectivity index (χ0n) is 17.0. The van der Waals surface area contributed by atoms with E-state index in [9.17, 15) is 9.59 Å². The summed E-state index contributed by atoms with van der Waals surface area (Å²) in [7, 11) is 1.53. The van der Waals surface area contributed by atoms with E-state index in [2.05, 4.69) is 15.9 Å². The van der Waals surface area contributed by atoms with Gasteiger partial charge in [-0.1, -0.05) is 15.9 Å². The lowest BCUT2D eigenvalue weighted by atomic mass is 10.0. The third kappa shape index (κ3) is 3.59. The summed E-state index contributed by atoms with van der Waals surface area (Å²) >= 11 is 4.71. The summed E-state index contributed by atoms with van der Waals surface area (Å²) in [6.45, 7) is 3.59. The van der Waals surface area contributed by atoms with Crippen LogP contribution in [-0.4, -0.2) is 53.5 Å². The minimum atomic E-state index is -0.861. The highest BCUT2D eigenvalue weighted by molar-refractivity contribution is 9.10. The quantitative estimate of drug-likeness (QED) is 0.486. The topological polar surface area (TPSA) is 75.5 Å². The van der Waals surface area contributed by atoms with Crippen molar-refractivity contribution < 1.29 is 28.5 Å². The maximum absolute atomic E-state index is 13.3. The molecule has 0 amide bonds. The molecule has 4 atom stereocenters. The van der Waals surface area contributed by atoms with Crippen LogP contribution in [0.1, 0.15) is 39.6 Å². The second-order valence-electron chi connectivity index (χ2n) is 7.95. The van der Waals surface area contributed by atoms with Crippen molar-refractivity contribution in [1.29, 1.82) is 0 Å². The molecule has 0 radical (unpaired) electrons. The Kier molecular flexibility index (Phi) is 5.16. The molecular formula is C22H20BrNO6S. The molecule has 2 aromatic heterocycles. The summed E-state index contributed by atoms with van der Waals surface area (Å²) in [6, 6.07) is 10.7. The second kappa shape index (κ2) is 7.61. The fourth-order valence-electron chi connectivity index (χ4n) is 4.05. The first kappa shape index (κ1) is 21.0. The number of methoxy groups -OCH3 is 1. The van der Waals surface area contributed by atoms with Crippen molar-refractivity contribution in [2.24, 2.45) is 0 Å². The lowest BCUT2D eigenvalue weighted by molar-refractivity contribution is -0.210. The molecule has 4 heterocycles. The van der Waals surface area contributed by atoms with Crippen molar-refractivity contribution in [3.05, 3.63) is 63.2 Å². The molecule has 0 aliphatic carbocycles. The van der Waals surface area contributed by atoms with E-state index < -0.39 is 30.4 Å². The largest absolute Gasteiger partial charge is 0.375 e. The maximum Gasteiger partial charge on any atom is 0.211 e. The number of benzene rings is 1. The Morgan fingerprint density at radius 3 is 2.58 bits per heavy atom. The molecule has 0 spiro atoms. The van der Waals surface area contributed by atoms with Gasteiger partial charge >= 0.3 is 0 Å². The van der Waals surface area contributed by atoms with Crippen LogP contribution in [-0.2, 0) is 18.9 Å². The summed E-state index contributed by atoms with van der Waals surface area (Å²) in [5, 5.41) is 0. The van der Waals surface area contributed by atoms with Crippen molar-refractivity contribution in [3.63, 3.8) is 0 Å². The number of fused-ring (bicyclic) bond motifs is 2. The molecule has 0 saturated carbocycles. The number of carbonyl (C=O) groups excluding carboxylic acids is 2. The average molecular weight is 506 g/mol. The summed E-state index contributed by atoms with van der Waals surface area (Å²) in [6.07, 6.45) is -0.902. The Bertz CT molecular complexity index is 1170. The van der Waals surface area contributed by atoms with Gasteiger partial charge in [0, 0.05) is 23.3 Å². The number of thiazole rings is 1. The van der Waals surface area contributed by atoms with Crippen LogP contribution in [0.15, 0.2) is 47.1 Å². The molecule has 0 bridgehead atoms. The van der Waals surface area contributed by atoms with Crippen molar-refractivity contribution in [2.75, 3.05) is 7.11 Å². The first-order valence-electron chi connectivity index (χ1n) is 9.77. The average Bonchev–Trinajstić information content (AvgIpc) is 3.45. The smallest absolute Gasteiger partial charge is 0.211 e. The normalized spacial score (nSPS) is 27.0. The number of hydrogen-bond acceptors (Lipinski definition) is 7. The van der Waals surface area contributed by atoms with Gasteiger partial charge in [-0.05, 0) is 50.2 Å². The van der Waals surface area contributed by atoms with Crippen molar-refractivity contribution in [2.45, 2.75) is 44.2 Å². The van der Waals surface area contributed by atoms with Crippen molar-refractivity contribution >= 4 is 43.7 Å². The lowest BCUT2D eigenvalue weighted by Gasteiger charge is -2.24. The Balaban J connectivity index is 1.42. The number of aromatic nitrogens is 1. The molecular weight excluding hydrogens is 486 g/mol. The van der Waals surface area contributed by atoms with Crippen molar-refractivity contribution in [3.8, 4) is 0 Å². The van der Waals surface area contributed by atoms with E-state index in [0.717, 1.165) is 9.30 Å². The predicted octanol–water partition coefficient (Wildman–Crippen LogP) is 4.07. The fraction of sp³-hybridized carbons (Fsp3) is 0.364. The molecule has 162 valence electrons. The number of Topliss-reactive ketones (excluding diaryl/α,β-unsaturated/α-hetero) is 1. The summed E-state index contributed by atoms with van der Waals surface area (Å²) in [5.74, 6) is -1.13. The molecule has 2 aliphatic rings. The summed E-state index contributed by atoms with van der Waals surface area (Å²) < 4.78 is 25.7. The number of ether oxygens (including phenoxy) is 4. The Labute approximate surface area is 191 Å². The van der Waals surface area contributed by atoms with Crippen LogP contribution < -0.4 is 0 Å². The van der Waals surface area contributed by atoms with Gasteiger partial charge in [-0.2, -0.15) is 0 Å². The van der Waals surface area contributed by atoms with Gasteiger partial charge in [-0.3, -0.25) is 9.59 Å². The molecule has 1 aromatic carbocycles. The van der Waals surface area contributed by atoms with Gasteiger partial charge in [-0.25, -0.2) is 0 Å². The number of halogens is 1. The molecule has 5 rings (SSSR count). The van der Waals surface area contributed by atoms with Crippen LogP contribution in [0.4, 0.5) is 0 Å². The highest BCUT2D eigenvalue weighted by Crippen LogP contribution is 2.39. The first-order chi connectivity index (χ1) is 14.8. The van der Waals surface area contributed by atoms with E-state index >= 15 is 0 Å². The number of hydrogen-bond donors (Lipinski definition) is 0. The van der Waals surface area contributed by atoms with Gasteiger partial charge in [0.15, 0.2) is 18.2 Å². The third-order valence-corrected chi connectivity index (χ3v) is 7.03. The fourth-order valence-corrected chi connectivity index (χ4v) is 5.29. The minimum absolute atomic E-state index is 0.0925. The zero-order chi connectivity index (χ0) is 21.9. The van der Waals surface area contributed by atoms with Gasteiger partial charge < -0.3 is 23.3 Å². The van der Waals surface area contributed by atoms with Gasteiger partial charge in [0.05, 0.1) is 10.6 Å². The third-order valence-electron chi connectivity index (χ3n) is 5.45. The summed E-state index contributed by atoms with van der Waals surface area (Å²) in [4.78, 5) is 27.6. The SMILES string of the molecule is CO[C@@H]1[C@H]2OC(C)(C)O[C@H]2O[C@@H]1C(=O)c1ccc2sc(C(=O)c3ccc(Br)cc3)cn12. The summed E-state index contributed by atoms with van der Waals surface area (Å²) in [5.41, 5.74) is 1.01. The molecule has 9 heteroatoms. The van der Waals surface area contributed by atoms with Crippen molar-refractivity contribution in [1.82, 2.24) is 4.40 Å². The van der Waals surface area contributed by atoms with Crippen LogP contribution in [0.3, 0.4) is 0 Å². The van der Waals surface area contributed by atoms with E-state index in [4.69, 9.17) is 18.9 Å². The van der Waals surface area contributed by atoms with E-state index in [1.807, 2.05) is 18.2 Å². The van der Waals surface area contributed by atoms with E-state index in [1.54, 1.807) is 42.6 Å². The molecule has 7 nitrogen and oxygen atoms in total. The molecule has 2 fully saturated rings. The molecule has 0 N–H and O–H groups in total. The highest BCUT2D eigenvalue weighted by Gasteiger charge is 2.57. The highest BCUT2D eigenvalue weighted by atomic mass is 79.9. The first-order valence-corrected chi connectivity index (χ1v) is 11.4. The number of rotatable bonds is 5. The monoisotopic (exact) mass is 505 g/mol. The molecule has 3 aromatic rings. The molecule has 31 heavy (non-hydrogen) atoms. The van der Waals surface area contributed by atoms with E-state index in [1.165, 1.54) is 18.4 Å². The van der Waals surface area contributed by atoms with Crippen LogP contribution >= 0.6 is 27.3 Å². The molecule has 0 unspecified atom stereocenters. The molecule has 2 aliphatic heterocycles. The van der Waals surface area contributed by atoms with E-state index in [0.29, 0.717) is 16.1 Å². The van der Waals surface area contributed by atoms with Gasteiger partial charge in [-0.15, -0.1) is 11.3 Å². The zero-order valence-corrected chi connectivity index (χ0v) is 19.4. The predicted molar refractivity (Wildman–Crippen MR) is 117 cm³/mol. The van der Waals surface area contributed by atoms with Crippen LogP contribution in [0.25, 0.3) is 4.83 Å². The Morgan fingerprint density at radius 1 is 1.13 bits per heavy atom. The number of carbonyl (C=O) groups is 2. The second-order valence-corrected chi connectivity index (χ2v) is 9.93. The van der Waals surface area contributed by atoms with Crippen LogP contribution in [0.2, 0.25) is 0 Å². The van der Waals surface area contributed by atoms with E-state index in [-0.39, 0.29) is 11.6 Å². The lowest BCUT2D eigenvalue weighted by Crippen LogP contribution is -2.40. The molecule has 2 saturated heterocycles. The van der Waals surface area contributed by atoms with Crippen LogP contribution in [0.5, 0.6) is 0 Å². The Hall–Kier alpha value is -1.88. The van der Waals surface area contributed by atoms with Gasteiger partial charge in [0.2, 0.25) is 11.6 Å². The van der Waals surface area contributed by atoms with Crippen LogP contribution in [0, 0.1) is 0 Å². The maximum atomic E-state index is 13.3. The van der Waals surface area contributed by atoms with Gasteiger partial charge in [0.25, 0.3) is 0 Å².